The summed E-state index contributed by atoms with van der Waals surface area (Å²) in [7, 11) is 0. The van der Waals surface area contributed by atoms with Gasteiger partial charge in [0, 0.05) is 47.0 Å². The number of benzene rings is 4. The van der Waals surface area contributed by atoms with Gasteiger partial charge in [-0.2, -0.15) is 0 Å². The van der Waals surface area contributed by atoms with Gasteiger partial charge >= 0.3 is 34.1 Å². The maximum Gasteiger partial charge on any atom is 2.00 e. The third-order valence-electron chi connectivity index (χ3n) is 8.35. The summed E-state index contributed by atoms with van der Waals surface area (Å²) in [5.74, 6) is -5.39. The molecule has 0 aliphatic rings. The smallest absolute Gasteiger partial charge is 0.545 e. The molecular weight excluding hydrogens is 888 g/mol. The van der Waals surface area contributed by atoms with Crippen molar-refractivity contribution < 1.29 is 73.7 Å². The largest absolute Gasteiger partial charge is 2.00 e. The van der Waals surface area contributed by atoms with Crippen molar-refractivity contribution >= 4 is 23.9 Å². The summed E-state index contributed by atoms with van der Waals surface area (Å²) in [6.45, 7) is 0. The Balaban J connectivity index is 0.000000221. The van der Waals surface area contributed by atoms with Crippen LogP contribution in [-0.2, 0) is 34.1 Å². The molecule has 8 rings (SSSR count). The standard InChI is InChI=1S/2C14H10O4.2C10H8N2.2Cu/c2*15-13(16)11-7-3-1-5-9(11)10-6-2-4-8-12(10)14(17)18;2*1-3-7-11-9(5-1)10-6-2-4-8-12-10;;/h2*1-8H,(H,15,16)(H,17,18);2*1-8H;;/q;;;;2*+2/p-4. The fraction of sp³-hybridized carbons (Fsp3) is 0. The summed E-state index contributed by atoms with van der Waals surface area (Å²) < 4.78 is 0. The van der Waals surface area contributed by atoms with E-state index in [4.69, 9.17) is 0 Å². The van der Waals surface area contributed by atoms with Crippen LogP contribution in [0.2, 0.25) is 0 Å². The van der Waals surface area contributed by atoms with Gasteiger partial charge in [0.05, 0.1) is 46.7 Å². The maximum atomic E-state index is 11.0. The van der Waals surface area contributed by atoms with Crippen molar-refractivity contribution in [1.82, 2.24) is 19.9 Å². The minimum Gasteiger partial charge on any atom is -0.545 e. The number of hydrogen-bond acceptors (Lipinski definition) is 12. The van der Waals surface area contributed by atoms with E-state index in [2.05, 4.69) is 19.9 Å². The molecule has 4 heterocycles. The third kappa shape index (κ3) is 13.7. The molecule has 14 heteroatoms. The van der Waals surface area contributed by atoms with Crippen LogP contribution < -0.4 is 20.4 Å². The molecule has 0 aliphatic carbocycles. The van der Waals surface area contributed by atoms with E-state index in [-0.39, 0.29) is 56.4 Å². The first-order valence-corrected chi connectivity index (χ1v) is 18.0. The molecule has 0 saturated heterocycles. The van der Waals surface area contributed by atoms with Gasteiger partial charge < -0.3 is 39.6 Å². The summed E-state index contributed by atoms with van der Waals surface area (Å²) in [5.41, 5.74) is 4.67. The Morgan fingerprint density at radius 3 is 0.613 bits per heavy atom. The Labute approximate surface area is 377 Å². The summed E-state index contributed by atoms with van der Waals surface area (Å²) >= 11 is 0. The Bertz CT molecular complexity index is 2300. The van der Waals surface area contributed by atoms with Crippen LogP contribution in [0.3, 0.4) is 0 Å². The van der Waals surface area contributed by atoms with Gasteiger partial charge in [-0.3, -0.25) is 19.9 Å². The number of aromatic carboxylic acids is 4. The molecule has 12 nitrogen and oxygen atoms in total. The summed E-state index contributed by atoms with van der Waals surface area (Å²) in [4.78, 5) is 60.8. The van der Waals surface area contributed by atoms with Gasteiger partial charge in [-0.1, -0.05) is 121 Å². The van der Waals surface area contributed by atoms with Gasteiger partial charge in [0.2, 0.25) is 0 Å². The van der Waals surface area contributed by atoms with Gasteiger partial charge in [0.25, 0.3) is 0 Å². The molecule has 0 fully saturated rings. The molecule has 0 aliphatic heterocycles. The molecule has 0 amide bonds. The van der Waals surface area contributed by atoms with E-state index < -0.39 is 23.9 Å². The van der Waals surface area contributed by atoms with E-state index in [9.17, 15) is 39.6 Å². The zero-order valence-corrected chi connectivity index (χ0v) is 34.0. The number of carbonyl (C=O) groups is 4. The SMILES string of the molecule is O=C([O-])c1ccccc1-c1ccccc1C(=O)[O-].O=C([O-])c1ccccc1-c1ccccc1C(=O)[O-].[Cu+2].[Cu+2].c1ccc(-c2ccccn2)nc1.c1ccc(-c2ccccn2)nc1. The molecule has 8 aromatic rings. The molecule has 4 aromatic heterocycles. The van der Waals surface area contributed by atoms with E-state index in [1.807, 2.05) is 72.8 Å². The number of hydrogen-bond donors (Lipinski definition) is 0. The Morgan fingerprint density at radius 1 is 0.274 bits per heavy atom. The van der Waals surface area contributed by atoms with Crippen molar-refractivity contribution in [2.45, 2.75) is 0 Å². The number of carbonyl (C=O) groups excluding carboxylic acids is 4. The molecule has 0 unspecified atom stereocenters. The summed E-state index contributed by atoms with van der Waals surface area (Å²) in [6.07, 6.45) is 7.07. The molecule has 4 aromatic carbocycles. The van der Waals surface area contributed by atoms with Crippen LogP contribution in [-0.4, -0.2) is 43.8 Å². The van der Waals surface area contributed by atoms with E-state index in [0.717, 1.165) is 22.8 Å². The minimum absolute atomic E-state index is 0. The van der Waals surface area contributed by atoms with Crippen molar-refractivity contribution in [2.24, 2.45) is 0 Å². The third-order valence-corrected chi connectivity index (χ3v) is 8.35. The molecule has 0 N–H and O–H groups in total. The predicted octanol–water partition coefficient (Wildman–Crippen LogP) is 4.44. The average molecular weight is 920 g/mol. The number of pyridine rings is 4. The topological polar surface area (TPSA) is 212 Å². The Kier molecular flexibility index (Phi) is 19.8. The maximum absolute atomic E-state index is 11.0. The molecule has 314 valence electrons. The monoisotopic (exact) mass is 918 g/mol. The van der Waals surface area contributed by atoms with Crippen LogP contribution in [0, 0.1) is 0 Å². The van der Waals surface area contributed by atoms with Gasteiger partial charge in [0.15, 0.2) is 0 Å². The molecule has 62 heavy (non-hydrogen) atoms. The normalized spacial score (nSPS) is 9.55. The van der Waals surface area contributed by atoms with Crippen LogP contribution in [0.5, 0.6) is 0 Å². The second-order valence-corrected chi connectivity index (χ2v) is 12.2. The van der Waals surface area contributed by atoms with Gasteiger partial charge in [-0.05, 0) is 70.8 Å². The predicted molar refractivity (Wildman–Crippen MR) is 216 cm³/mol. The quantitative estimate of drug-likeness (QED) is 0.194. The van der Waals surface area contributed by atoms with Crippen molar-refractivity contribution in [1.29, 1.82) is 0 Å². The van der Waals surface area contributed by atoms with Crippen LogP contribution >= 0.6 is 0 Å². The average Bonchev–Trinajstić information content (AvgIpc) is 3.31. The van der Waals surface area contributed by atoms with Crippen LogP contribution in [0.1, 0.15) is 41.4 Å². The first-order valence-electron chi connectivity index (χ1n) is 18.0. The Morgan fingerprint density at radius 2 is 0.452 bits per heavy atom. The molecule has 0 bridgehead atoms. The summed E-state index contributed by atoms with van der Waals surface area (Å²) in [5, 5.41) is 44.0. The summed E-state index contributed by atoms with van der Waals surface area (Å²) in [6, 6.07) is 47.6. The van der Waals surface area contributed by atoms with E-state index in [1.54, 1.807) is 73.3 Å². The molecule has 2 radical (unpaired) electrons. The zero-order chi connectivity index (χ0) is 42.7. The first kappa shape index (κ1) is 48.8. The van der Waals surface area contributed by atoms with Crippen molar-refractivity contribution in [3.05, 3.63) is 217 Å². The van der Waals surface area contributed by atoms with Gasteiger partial charge in [-0.15, -0.1) is 0 Å². The first-order chi connectivity index (χ1) is 29.2. The number of rotatable bonds is 8. The van der Waals surface area contributed by atoms with Crippen LogP contribution in [0.4, 0.5) is 0 Å². The van der Waals surface area contributed by atoms with Crippen molar-refractivity contribution in [2.75, 3.05) is 0 Å². The van der Waals surface area contributed by atoms with Crippen LogP contribution in [0.15, 0.2) is 195 Å². The van der Waals surface area contributed by atoms with Crippen molar-refractivity contribution in [3.8, 4) is 45.0 Å². The molecule has 0 spiro atoms. The number of carboxylic acid groups (broad SMARTS) is 4. The molecular formula is C48H32Cu2N4O8. The molecule has 0 atom stereocenters. The van der Waals surface area contributed by atoms with Gasteiger partial charge in [0.1, 0.15) is 0 Å². The number of carboxylic acids is 4. The second-order valence-electron chi connectivity index (χ2n) is 12.2. The Hall–Kier alpha value is -7.60. The minimum atomic E-state index is -1.35. The number of nitrogens with zero attached hydrogens (tertiary/aromatic N) is 4. The fourth-order valence-electron chi connectivity index (χ4n) is 5.64. The number of aromatic nitrogens is 4. The van der Waals surface area contributed by atoms with Crippen LogP contribution in [0.25, 0.3) is 45.0 Å². The molecule has 0 saturated carbocycles. The zero-order valence-electron chi connectivity index (χ0n) is 32.1. The van der Waals surface area contributed by atoms with E-state index >= 15 is 0 Å². The van der Waals surface area contributed by atoms with E-state index in [0.29, 0.717) is 22.3 Å². The second kappa shape index (κ2) is 25.1. The van der Waals surface area contributed by atoms with Crippen molar-refractivity contribution in [3.63, 3.8) is 0 Å². The van der Waals surface area contributed by atoms with E-state index in [1.165, 1.54) is 48.5 Å². The van der Waals surface area contributed by atoms with Gasteiger partial charge in [-0.25, -0.2) is 0 Å². The fourth-order valence-corrected chi connectivity index (χ4v) is 5.64.